The number of β-amino-alcohol motifs (C(OH)–C–C–N with tert-alkyl or cyclic N) is 1. The molecule has 18 heavy (non-hydrogen) atoms. The summed E-state index contributed by atoms with van der Waals surface area (Å²) in [6.45, 7) is 4.28. The maximum atomic E-state index is 10.2. The van der Waals surface area contributed by atoms with Gasteiger partial charge in [0, 0.05) is 23.2 Å². The minimum atomic E-state index is -0.485. The van der Waals surface area contributed by atoms with Gasteiger partial charge in [-0.2, -0.15) is 0 Å². The number of aliphatic hydroxyl groups excluding tert-OH is 1. The van der Waals surface area contributed by atoms with E-state index >= 15 is 0 Å². The minimum absolute atomic E-state index is 0.00869. The average molecular weight is 314 g/mol. The third-order valence-corrected chi connectivity index (χ3v) is 3.89. The van der Waals surface area contributed by atoms with Crippen LogP contribution in [0, 0.1) is 0 Å². The molecule has 4 heteroatoms. The number of hydrogen-bond donors (Lipinski definition) is 2. The first kappa shape index (κ1) is 14.0. The molecule has 0 radical (unpaired) electrons. The van der Waals surface area contributed by atoms with E-state index in [9.17, 15) is 5.11 Å². The van der Waals surface area contributed by atoms with Crippen molar-refractivity contribution in [3.8, 4) is 0 Å². The molecule has 3 nitrogen and oxygen atoms in total. The summed E-state index contributed by atoms with van der Waals surface area (Å²) in [4.78, 5) is 0. The van der Waals surface area contributed by atoms with Crippen molar-refractivity contribution in [3.63, 3.8) is 0 Å². The molecule has 1 aliphatic heterocycles. The van der Waals surface area contributed by atoms with Crippen molar-refractivity contribution in [1.82, 2.24) is 5.32 Å². The van der Waals surface area contributed by atoms with Gasteiger partial charge in [-0.05, 0) is 37.5 Å². The SMILES string of the molecule is CC1(NCC(O)c2cccc(Br)c2)CCCOC1. The third-order valence-electron chi connectivity index (χ3n) is 3.39. The van der Waals surface area contributed by atoms with Crippen molar-refractivity contribution in [2.45, 2.75) is 31.4 Å². The lowest BCUT2D eigenvalue weighted by molar-refractivity contribution is 0.0221. The Bertz CT molecular complexity index is 391. The molecule has 1 aromatic rings. The van der Waals surface area contributed by atoms with Gasteiger partial charge in [0.1, 0.15) is 0 Å². The first-order valence-corrected chi connectivity index (χ1v) is 7.15. The maximum absolute atomic E-state index is 10.2. The topological polar surface area (TPSA) is 41.5 Å². The number of hydrogen-bond acceptors (Lipinski definition) is 3. The molecule has 100 valence electrons. The van der Waals surface area contributed by atoms with E-state index in [0.29, 0.717) is 6.54 Å². The molecule has 0 aromatic heterocycles. The van der Waals surface area contributed by atoms with Crippen molar-refractivity contribution < 1.29 is 9.84 Å². The quantitative estimate of drug-likeness (QED) is 0.898. The predicted octanol–water partition coefficient (Wildman–Crippen LogP) is 2.64. The van der Waals surface area contributed by atoms with Gasteiger partial charge < -0.3 is 15.2 Å². The van der Waals surface area contributed by atoms with Crippen LogP contribution in [0.3, 0.4) is 0 Å². The molecule has 0 amide bonds. The Balaban J connectivity index is 1.89. The zero-order valence-electron chi connectivity index (χ0n) is 10.7. The summed E-state index contributed by atoms with van der Waals surface area (Å²) in [7, 11) is 0. The average Bonchev–Trinajstić information content (AvgIpc) is 2.37. The highest BCUT2D eigenvalue weighted by molar-refractivity contribution is 9.10. The number of ether oxygens (including phenoxy) is 1. The highest BCUT2D eigenvalue weighted by Gasteiger charge is 2.27. The van der Waals surface area contributed by atoms with E-state index in [1.54, 1.807) is 0 Å². The molecule has 0 bridgehead atoms. The van der Waals surface area contributed by atoms with Gasteiger partial charge in [0.2, 0.25) is 0 Å². The van der Waals surface area contributed by atoms with Crippen LogP contribution in [0.2, 0.25) is 0 Å². The van der Waals surface area contributed by atoms with Crippen LogP contribution in [-0.2, 0) is 4.74 Å². The van der Waals surface area contributed by atoms with Crippen LogP contribution in [0.15, 0.2) is 28.7 Å². The molecule has 2 unspecified atom stereocenters. The molecule has 2 atom stereocenters. The van der Waals surface area contributed by atoms with Gasteiger partial charge >= 0.3 is 0 Å². The van der Waals surface area contributed by atoms with Gasteiger partial charge in [-0.25, -0.2) is 0 Å². The van der Waals surface area contributed by atoms with Crippen LogP contribution in [0.25, 0.3) is 0 Å². The summed E-state index contributed by atoms with van der Waals surface area (Å²) in [6.07, 6.45) is 1.69. The number of nitrogens with one attached hydrogen (secondary N) is 1. The smallest absolute Gasteiger partial charge is 0.0914 e. The van der Waals surface area contributed by atoms with Gasteiger partial charge in [0.25, 0.3) is 0 Å². The van der Waals surface area contributed by atoms with Crippen molar-refractivity contribution in [3.05, 3.63) is 34.3 Å². The van der Waals surface area contributed by atoms with Crippen LogP contribution in [0.1, 0.15) is 31.4 Å². The lowest BCUT2D eigenvalue weighted by atomic mass is 9.94. The number of halogens is 1. The Kier molecular flexibility index (Phi) is 4.78. The second-order valence-electron chi connectivity index (χ2n) is 5.17. The summed E-state index contributed by atoms with van der Waals surface area (Å²) in [5.74, 6) is 0. The molecule has 2 rings (SSSR count). The summed E-state index contributed by atoms with van der Waals surface area (Å²) in [5.41, 5.74) is 0.919. The van der Waals surface area contributed by atoms with E-state index in [1.165, 1.54) is 0 Å². The van der Waals surface area contributed by atoms with Gasteiger partial charge in [-0.15, -0.1) is 0 Å². The van der Waals surface area contributed by atoms with E-state index in [0.717, 1.165) is 36.1 Å². The van der Waals surface area contributed by atoms with Gasteiger partial charge in [0.15, 0.2) is 0 Å². The molecule has 0 spiro atoms. The van der Waals surface area contributed by atoms with E-state index in [1.807, 2.05) is 24.3 Å². The van der Waals surface area contributed by atoms with Crippen LogP contribution in [0.5, 0.6) is 0 Å². The second kappa shape index (κ2) is 6.15. The summed E-state index contributed by atoms with van der Waals surface area (Å²) < 4.78 is 6.48. The zero-order valence-corrected chi connectivity index (χ0v) is 12.2. The summed E-state index contributed by atoms with van der Waals surface area (Å²) >= 11 is 3.42. The molecule has 1 saturated heterocycles. The number of aliphatic hydroxyl groups is 1. The van der Waals surface area contributed by atoms with Gasteiger partial charge in [0.05, 0.1) is 12.7 Å². The number of benzene rings is 1. The van der Waals surface area contributed by atoms with Crippen LogP contribution < -0.4 is 5.32 Å². The molecule has 1 aromatic carbocycles. The minimum Gasteiger partial charge on any atom is -0.387 e. The molecule has 1 aliphatic rings. The van der Waals surface area contributed by atoms with Crippen LogP contribution in [-0.4, -0.2) is 30.4 Å². The first-order chi connectivity index (χ1) is 8.59. The van der Waals surface area contributed by atoms with Gasteiger partial charge in [-0.3, -0.25) is 0 Å². The molecule has 0 aliphatic carbocycles. The molecule has 0 saturated carbocycles. The molecule has 2 N–H and O–H groups in total. The Morgan fingerprint density at radius 1 is 1.56 bits per heavy atom. The first-order valence-electron chi connectivity index (χ1n) is 6.35. The Morgan fingerprint density at radius 3 is 3.06 bits per heavy atom. The molecular weight excluding hydrogens is 294 g/mol. The Labute approximate surface area is 117 Å². The fourth-order valence-corrected chi connectivity index (χ4v) is 2.67. The van der Waals surface area contributed by atoms with Crippen molar-refractivity contribution in [1.29, 1.82) is 0 Å². The van der Waals surface area contributed by atoms with Crippen molar-refractivity contribution >= 4 is 15.9 Å². The fraction of sp³-hybridized carbons (Fsp3) is 0.571. The Hall–Kier alpha value is -0.420. The monoisotopic (exact) mass is 313 g/mol. The molecular formula is C14H20BrNO2. The van der Waals surface area contributed by atoms with Gasteiger partial charge in [-0.1, -0.05) is 28.1 Å². The van der Waals surface area contributed by atoms with E-state index < -0.39 is 6.10 Å². The van der Waals surface area contributed by atoms with E-state index in [-0.39, 0.29) is 5.54 Å². The lowest BCUT2D eigenvalue weighted by Crippen LogP contribution is -2.50. The van der Waals surface area contributed by atoms with Crippen molar-refractivity contribution in [2.75, 3.05) is 19.8 Å². The third kappa shape index (κ3) is 3.79. The standard InChI is InChI=1S/C14H20BrNO2/c1-14(6-3-7-18-10-14)16-9-13(17)11-4-2-5-12(15)8-11/h2,4-5,8,13,16-17H,3,6-7,9-10H2,1H3. The second-order valence-corrected chi connectivity index (χ2v) is 6.08. The Morgan fingerprint density at radius 2 is 2.39 bits per heavy atom. The maximum Gasteiger partial charge on any atom is 0.0914 e. The zero-order chi connectivity index (χ0) is 13.0. The number of rotatable bonds is 4. The van der Waals surface area contributed by atoms with Crippen LogP contribution in [0.4, 0.5) is 0 Å². The van der Waals surface area contributed by atoms with E-state index in [2.05, 4.69) is 28.2 Å². The predicted molar refractivity (Wildman–Crippen MR) is 75.6 cm³/mol. The normalized spacial score (nSPS) is 25.9. The van der Waals surface area contributed by atoms with Crippen molar-refractivity contribution in [2.24, 2.45) is 0 Å². The molecule has 1 heterocycles. The summed E-state index contributed by atoms with van der Waals surface area (Å²) in [6, 6.07) is 7.79. The highest BCUT2D eigenvalue weighted by atomic mass is 79.9. The largest absolute Gasteiger partial charge is 0.387 e. The van der Waals surface area contributed by atoms with Crippen LogP contribution >= 0.6 is 15.9 Å². The molecule has 1 fully saturated rings. The highest BCUT2D eigenvalue weighted by Crippen LogP contribution is 2.21. The fourth-order valence-electron chi connectivity index (χ4n) is 2.25. The summed E-state index contributed by atoms with van der Waals surface area (Å²) in [5, 5.41) is 13.6. The van der Waals surface area contributed by atoms with E-state index in [4.69, 9.17) is 4.74 Å². The lowest BCUT2D eigenvalue weighted by Gasteiger charge is -2.35.